The first-order chi connectivity index (χ1) is 9.38. The predicted molar refractivity (Wildman–Crippen MR) is 81.7 cm³/mol. The van der Waals surface area contributed by atoms with E-state index >= 15 is 0 Å². The molecule has 0 radical (unpaired) electrons. The molecule has 0 aliphatic rings. The van der Waals surface area contributed by atoms with Crippen LogP contribution in [0.4, 0.5) is 0 Å². The summed E-state index contributed by atoms with van der Waals surface area (Å²) in [5, 5.41) is 2.88. The summed E-state index contributed by atoms with van der Waals surface area (Å²) in [5.74, 6) is 1.11. The van der Waals surface area contributed by atoms with Crippen molar-refractivity contribution in [3.05, 3.63) is 29.8 Å². The molecule has 1 amide bonds. The lowest BCUT2D eigenvalue weighted by Crippen LogP contribution is -2.46. The maximum atomic E-state index is 11.9. The van der Waals surface area contributed by atoms with Gasteiger partial charge in [0, 0.05) is 0 Å². The summed E-state index contributed by atoms with van der Waals surface area (Å²) in [4.78, 5) is 11.9. The van der Waals surface area contributed by atoms with Crippen molar-refractivity contribution in [1.82, 2.24) is 5.32 Å². The number of carbonyl (C=O) groups is 1. The Labute approximate surface area is 121 Å². The largest absolute Gasteiger partial charge is 0.491 e. The van der Waals surface area contributed by atoms with Crippen LogP contribution in [0.25, 0.3) is 0 Å². The van der Waals surface area contributed by atoms with E-state index in [4.69, 9.17) is 10.5 Å². The van der Waals surface area contributed by atoms with Crippen molar-refractivity contribution < 1.29 is 9.53 Å². The molecule has 0 aliphatic heterocycles. The fraction of sp³-hybridized carbons (Fsp3) is 0.562. The third-order valence-corrected chi connectivity index (χ3v) is 2.97. The highest BCUT2D eigenvalue weighted by Crippen LogP contribution is 2.11. The minimum absolute atomic E-state index is 0.0676. The number of amides is 1. The SMILES string of the molecule is Cc1ccc(OCC(C)NC(=O)[C@@H](N)CC(C)C)cc1. The van der Waals surface area contributed by atoms with Crippen LogP contribution in [0.5, 0.6) is 5.75 Å². The number of hydrogen-bond acceptors (Lipinski definition) is 3. The van der Waals surface area contributed by atoms with Gasteiger partial charge in [0.25, 0.3) is 0 Å². The molecule has 1 aromatic carbocycles. The lowest BCUT2D eigenvalue weighted by Gasteiger charge is -2.19. The van der Waals surface area contributed by atoms with Gasteiger partial charge in [0.2, 0.25) is 5.91 Å². The van der Waals surface area contributed by atoms with Gasteiger partial charge >= 0.3 is 0 Å². The topological polar surface area (TPSA) is 64.3 Å². The van der Waals surface area contributed by atoms with Gasteiger partial charge in [-0.3, -0.25) is 4.79 Å². The maximum Gasteiger partial charge on any atom is 0.237 e. The van der Waals surface area contributed by atoms with E-state index in [9.17, 15) is 4.79 Å². The van der Waals surface area contributed by atoms with Crippen molar-refractivity contribution in [2.24, 2.45) is 11.7 Å². The van der Waals surface area contributed by atoms with Gasteiger partial charge in [-0.1, -0.05) is 31.5 Å². The number of nitrogens with one attached hydrogen (secondary N) is 1. The van der Waals surface area contributed by atoms with Crippen molar-refractivity contribution >= 4 is 5.91 Å². The van der Waals surface area contributed by atoms with Crippen LogP contribution in [0, 0.1) is 12.8 Å². The summed E-state index contributed by atoms with van der Waals surface area (Å²) < 4.78 is 5.63. The van der Waals surface area contributed by atoms with E-state index in [1.165, 1.54) is 5.56 Å². The molecule has 3 N–H and O–H groups in total. The van der Waals surface area contributed by atoms with Gasteiger partial charge in [-0.25, -0.2) is 0 Å². The summed E-state index contributed by atoms with van der Waals surface area (Å²) in [6.07, 6.45) is 0.692. The van der Waals surface area contributed by atoms with E-state index in [2.05, 4.69) is 19.2 Å². The molecule has 4 nitrogen and oxygen atoms in total. The zero-order chi connectivity index (χ0) is 15.1. The van der Waals surface area contributed by atoms with E-state index in [1.807, 2.05) is 38.1 Å². The highest BCUT2D eigenvalue weighted by molar-refractivity contribution is 5.81. The maximum absolute atomic E-state index is 11.9. The van der Waals surface area contributed by atoms with Crippen molar-refractivity contribution in [1.29, 1.82) is 0 Å². The van der Waals surface area contributed by atoms with E-state index in [1.54, 1.807) is 0 Å². The van der Waals surface area contributed by atoms with Crippen molar-refractivity contribution in [2.75, 3.05) is 6.61 Å². The van der Waals surface area contributed by atoms with Crippen LogP contribution in [0.1, 0.15) is 32.8 Å². The molecule has 2 atom stereocenters. The molecule has 1 aromatic rings. The fourth-order valence-corrected chi connectivity index (χ4v) is 1.86. The number of nitrogens with two attached hydrogens (primary N) is 1. The van der Waals surface area contributed by atoms with Crippen molar-refractivity contribution in [2.45, 2.75) is 46.2 Å². The van der Waals surface area contributed by atoms with E-state index in [0.29, 0.717) is 18.9 Å². The Bertz CT molecular complexity index is 415. The third kappa shape index (κ3) is 6.06. The van der Waals surface area contributed by atoms with Crippen LogP contribution in [0.3, 0.4) is 0 Å². The summed E-state index contributed by atoms with van der Waals surface area (Å²) in [6.45, 7) is 8.48. The monoisotopic (exact) mass is 278 g/mol. The molecule has 4 heteroatoms. The van der Waals surface area contributed by atoms with Crippen LogP contribution in [0.15, 0.2) is 24.3 Å². The molecule has 0 heterocycles. The molecule has 0 saturated heterocycles. The van der Waals surface area contributed by atoms with E-state index < -0.39 is 6.04 Å². The quantitative estimate of drug-likeness (QED) is 0.804. The smallest absolute Gasteiger partial charge is 0.237 e. The molecule has 1 unspecified atom stereocenters. The molecule has 0 bridgehead atoms. The van der Waals surface area contributed by atoms with Crippen LogP contribution >= 0.6 is 0 Å². The van der Waals surface area contributed by atoms with Crippen LogP contribution in [-0.4, -0.2) is 24.6 Å². The highest BCUT2D eigenvalue weighted by Gasteiger charge is 2.17. The van der Waals surface area contributed by atoms with Crippen molar-refractivity contribution in [3.8, 4) is 5.75 Å². The first-order valence-corrected chi connectivity index (χ1v) is 7.14. The minimum atomic E-state index is -0.447. The van der Waals surface area contributed by atoms with Gasteiger partial charge in [-0.05, 0) is 38.3 Å². The molecule has 0 aliphatic carbocycles. The molecule has 1 rings (SSSR count). The first-order valence-electron chi connectivity index (χ1n) is 7.14. The fourth-order valence-electron chi connectivity index (χ4n) is 1.86. The molecule has 0 fully saturated rings. The second-order valence-electron chi connectivity index (χ2n) is 5.77. The number of hydrogen-bond donors (Lipinski definition) is 2. The van der Waals surface area contributed by atoms with Crippen LogP contribution in [0.2, 0.25) is 0 Å². The van der Waals surface area contributed by atoms with Gasteiger partial charge < -0.3 is 15.8 Å². The Kier molecular flexibility index (Phi) is 6.52. The Morgan fingerprint density at radius 3 is 2.40 bits per heavy atom. The van der Waals surface area contributed by atoms with Gasteiger partial charge in [0.1, 0.15) is 12.4 Å². The summed E-state index contributed by atoms with van der Waals surface area (Å²) in [5.41, 5.74) is 7.03. The summed E-state index contributed by atoms with van der Waals surface area (Å²) in [6, 6.07) is 7.33. The Morgan fingerprint density at radius 2 is 1.85 bits per heavy atom. The Hall–Kier alpha value is -1.55. The molecule has 0 spiro atoms. The second kappa shape index (κ2) is 7.90. The normalized spacial score (nSPS) is 13.9. The summed E-state index contributed by atoms with van der Waals surface area (Å²) >= 11 is 0. The van der Waals surface area contributed by atoms with Crippen LogP contribution < -0.4 is 15.8 Å². The van der Waals surface area contributed by atoms with E-state index in [0.717, 1.165) is 5.75 Å². The van der Waals surface area contributed by atoms with Gasteiger partial charge in [0.05, 0.1) is 12.1 Å². The first kappa shape index (κ1) is 16.5. The van der Waals surface area contributed by atoms with E-state index in [-0.39, 0.29) is 11.9 Å². The van der Waals surface area contributed by atoms with Gasteiger partial charge in [0.15, 0.2) is 0 Å². The number of ether oxygens (including phenoxy) is 1. The summed E-state index contributed by atoms with van der Waals surface area (Å²) in [7, 11) is 0. The molecular weight excluding hydrogens is 252 g/mol. The van der Waals surface area contributed by atoms with Gasteiger partial charge in [-0.15, -0.1) is 0 Å². The lowest BCUT2D eigenvalue weighted by atomic mass is 10.0. The lowest BCUT2D eigenvalue weighted by molar-refractivity contribution is -0.123. The highest BCUT2D eigenvalue weighted by atomic mass is 16.5. The third-order valence-electron chi connectivity index (χ3n) is 2.97. The molecule has 0 aromatic heterocycles. The predicted octanol–water partition coefficient (Wildman–Crippen LogP) is 2.25. The van der Waals surface area contributed by atoms with Crippen LogP contribution in [-0.2, 0) is 4.79 Å². The minimum Gasteiger partial charge on any atom is -0.491 e. The number of carbonyl (C=O) groups excluding carboxylic acids is 1. The zero-order valence-corrected chi connectivity index (χ0v) is 12.8. The number of benzene rings is 1. The average Bonchev–Trinajstić information content (AvgIpc) is 2.37. The standard InChI is InChI=1S/C16H26N2O2/c1-11(2)9-15(17)16(19)18-13(4)10-20-14-7-5-12(3)6-8-14/h5-8,11,13,15H,9-10,17H2,1-4H3,(H,18,19)/t13?,15-/m0/s1. The molecule has 20 heavy (non-hydrogen) atoms. The Balaban J connectivity index is 2.34. The number of rotatable bonds is 7. The average molecular weight is 278 g/mol. The Morgan fingerprint density at radius 1 is 1.25 bits per heavy atom. The molecular formula is C16H26N2O2. The van der Waals surface area contributed by atoms with Gasteiger partial charge in [-0.2, -0.15) is 0 Å². The second-order valence-corrected chi connectivity index (χ2v) is 5.77. The molecule has 0 saturated carbocycles. The number of aryl methyl sites for hydroxylation is 1. The van der Waals surface area contributed by atoms with Crippen molar-refractivity contribution in [3.63, 3.8) is 0 Å². The zero-order valence-electron chi connectivity index (χ0n) is 12.8. The molecule has 112 valence electrons.